The van der Waals surface area contributed by atoms with Crippen molar-refractivity contribution in [2.45, 2.75) is 32.4 Å². The van der Waals surface area contributed by atoms with Gasteiger partial charge in [0.2, 0.25) is 0 Å². The van der Waals surface area contributed by atoms with Crippen LogP contribution in [0.5, 0.6) is 0 Å². The third-order valence-electron chi connectivity index (χ3n) is 3.51. The minimum atomic E-state index is 0.162. The third kappa shape index (κ3) is 2.96. The van der Waals surface area contributed by atoms with Gasteiger partial charge in [-0.05, 0) is 52.9 Å². The van der Waals surface area contributed by atoms with Crippen molar-refractivity contribution in [1.29, 1.82) is 0 Å². The summed E-state index contributed by atoms with van der Waals surface area (Å²) in [6.45, 7) is 2.73. The highest BCUT2D eigenvalue weighted by atomic mass is 79.9. The molecule has 1 heterocycles. The first kappa shape index (κ1) is 13.8. The van der Waals surface area contributed by atoms with Gasteiger partial charge in [-0.25, -0.2) is 0 Å². The molecular formula is C16H16BrNOS. The summed E-state index contributed by atoms with van der Waals surface area (Å²) in [5.74, 6) is 0.162. The van der Waals surface area contributed by atoms with Crippen LogP contribution in [-0.4, -0.2) is 16.8 Å². The Labute approximate surface area is 131 Å². The first-order chi connectivity index (χ1) is 9.65. The van der Waals surface area contributed by atoms with Crippen molar-refractivity contribution in [1.82, 2.24) is 4.90 Å². The molecule has 0 unspecified atom stereocenters. The lowest BCUT2D eigenvalue weighted by molar-refractivity contribution is 0.0735. The van der Waals surface area contributed by atoms with E-state index in [9.17, 15) is 4.79 Å². The Morgan fingerprint density at radius 1 is 1.35 bits per heavy atom. The maximum atomic E-state index is 12.7. The van der Waals surface area contributed by atoms with Crippen LogP contribution in [0.25, 0.3) is 0 Å². The molecule has 1 saturated carbocycles. The van der Waals surface area contributed by atoms with Crippen LogP contribution in [0.2, 0.25) is 0 Å². The molecule has 0 N–H and O–H groups in total. The molecule has 4 heteroatoms. The molecule has 1 amide bonds. The van der Waals surface area contributed by atoms with Gasteiger partial charge in [0, 0.05) is 12.6 Å². The third-order valence-corrected chi connectivity index (χ3v) is 5.64. The maximum absolute atomic E-state index is 12.7. The zero-order chi connectivity index (χ0) is 14.1. The SMILES string of the molecule is Cc1cc(C(=O)N(Cc2ccccc2)C2CC2)sc1Br. The highest BCUT2D eigenvalue weighted by Crippen LogP contribution is 2.33. The average Bonchev–Trinajstić information content (AvgIpc) is 3.23. The molecular weight excluding hydrogens is 334 g/mol. The second-order valence-corrected chi connectivity index (χ2v) is 7.59. The standard InChI is InChI=1S/C16H16BrNOS/c1-11-9-14(20-15(11)17)16(19)18(13-7-8-13)10-12-5-3-2-4-6-12/h2-6,9,13H,7-8,10H2,1H3. The van der Waals surface area contributed by atoms with Crippen LogP contribution in [-0.2, 0) is 6.54 Å². The van der Waals surface area contributed by atoms with Gasteiger partial charge in [-0.1, -0.05) is 30.3 Å². The zero-order valence-corrected chi connectivity index (χ0v) is 13.7. The number of aryl methyl sites for hydroxylation is 1. The van der Waals surface area contributed by atoms with Crippen LogP contribution in [0.3, 0.4) is 0 Å². The van der Waals surface area contributed by atoms with Crippen molar-refractivity contribution in [3.63, 3.8) is 0 Å². The molecule has 2 nitrogen and oxygen atoms in total. The normalized spacial score (nSPS) is 14.3. The number of nitrogens with zero attached hydrogens (tertiary/aromatic N) is 1. The summed E-state index contributed by atoms with van der Waals surface area (Å²) in [5, 5.41) is 0. The molecule has 1 aromatic carbocycles. The van der Waals surface area contributed by atoms with Gasteiger partial charge in [0.15, 0.2) is 0 Å². The molecule has 0 radical (unpaired) electrons. The van der Waals surface area contributed by atoms with Gasteiger partial charge in [-0.15, -0.1) is 11.3 Å². The number of hydrogen-bond donors (Lipinski definition) is 0. The molecule has 0 aliphatic heterocycles. The van der Waals surface area contributed by atoms with E-state index in [1.54, 1.807) is 0 Å². The largest absolute Gasteiger partial charge is 0.331 e. The van der Waals surface area contributed by atoms with Gasteiger partial charge in [-0.3, -0.25) is 4.79 Å². The van der Waals surface area contributed by atoms with Crippen LogP contribution >= 0.6 is 27.3 Å². The fourth-order valence-electron chi connectivity index (χ4n) is 2.24. The van der Waals surface area contributed by atoms with Crippen LogP contribution in [0.15, 0.2) is 40.2 Å². The second kappa shape index (κ2) is 5.70. The molecule has 0 atom stereocenters. The number of carbonyl (C=O) groups is 1. The summed E-state index contributed by atoms with van der Waals surface area (Å²) in [6.07, 6.45) is 2.26. The minimum absolute atomic E-state index is 0.162. The molecule has 3 rings (SSSR count). The van der Waals surface area contributed by atoms with Gasteiger partial charge in [-0.2, -0.15) is 0 Å². The molecule has 1 aliphatic rings. The quantitative estimate of drug-likeness (QED) is 0.788. The Morgan fingerprint density at radius 3 is 2.60 bits per heavy atom. The van der Waals surface area contributed by atoms with Gasteiger partial charge < -0.3 is 4.90 Å². The Morgan fingerprint density at radius 2 is 2.05 bits per heavy atom. The second-order valence-electron chi connectivity index (χ2n) is 5.22. The van der Waals surface area contributed by atoms with Crippen molar-refractivity contribution in [2.24, 2.45) is 0 Å². The summed E-state index contributed by atoms with van der Waals surface area (Å²) >= 11 is 5.03. The number of thiophene rings is 1. The summed E-state index contributed by atoms with van der Waals surface area (Å²) in [4.78, 5) is 15.6. The fourth-order valence-corrected chi connectivity index (χ4v) is 3.73. The molecule has 20 heavy (non-hydrogen) atoms. The van der Waals surface area contributed by atoms with Crippen molar-refractivity contribution >= 4 is 33.2 Å². The highest BCUT2D eigenvalue weighted by molar-refractivity contribution is 9.11. The van der Waals surface area contributed by atoms with Crippen molar-refractivity contribution in [3.8, 4) is 0 Å². The van der Waals surface area contributed by atoms with E-state index in [0.29, 0.717) is 12.6 Å². The molecule has 0 spiro atoms. The smallest absolute Gasteiger partial charge is 0.264 e. The van der Waals surface area contributed by atoms with Gasteiger partial charge in [0.05, 0.1) is 8.66 Å². The van der Waals surface area contributed by atoms with E-state index in [2.05, 4.69) is 28.1 Å². The Balaban J connectivity index is 1.82. The maximum Gasteiger partial charge on any atom is 0.264 e. The topological polar surface area (TPSA) is 20.3 Å². The van der Waals surface area contributed by atoms with E-state index in [4.69, 9.17) is 0 Å². The molecule has 1 fully saturated rings. The summed E-state index contributed by atoms with van der Waals surface area (Å²) in [7, 11) is 0. The van der Waals surface area contributed by atoms with Gasteiger partial charge in [0.1, 0.15) is 0 Å². The lowest BCUT2D eigenvalue weighted by Gasteiger charge is -2.21. The van der Waals surface area contributed by atoms with Crippen LogP contribution < -0.4 is 0 Å². The van der Waals surface area contributed by atoms with Crippen molar-refractivity contribution in [2.75, 3.05) is 0 Å². The zero-order valence-electron chi connectivity index (χ0n) is 11.3. The number of hydrogen-bond acceptors (Lipinski definition) is 2. The molecule has 1 aliphatic carbocycles. The lowest BCUT2D eigenvalue weighted by Crippen LogP contribution is -2.32. The van der Waals surface area contributed by atoms with E-state index in [1.165, 1.54) is 16.9 Å². The van der Waals surface area contributed by atoms with Crippen molar-refractivity contribution < 1.29 is 4.79 Å². The summed E-state index contributed by atoms with van der Waals surface area (Å²) < 4.78 is 1.05. The summed E-state index contributed by atoms with van der Waals surface area (Å²) in [5.41, 5.74) is 2.33. The molecule has 0 saturated heterocycles. The van der Waals surface area contributed by atoms with Crippen LogP contribution in [0.1, 0.15) is 33.6 Å². The van der Waals surface area contributed by atoms with E-state index in [1.807, 2.05) is 36.1 Å². The molecule has 0 bridgehead atoms. The van der Waals surface area contributed by atoms with Crippen molar-refractivity contribution in [3.05, 3.63) is 56.2 Å². The van der Waals surface area contributed by atoms with E-state index >= 15 is 0 Å². The first-order valence-corrected chi connectivity index (χ1v) is 8.37. The molecule has 104 valence electrons. The number of carbonyl (C=O) groups excluding carboxylic acids is 1. The number of rotatable bonds is 4. The number of halogens is 1. The Kier molecular flexibility index (Phi) is 3.94. The van der Waals surface area contributed by atoms with Crippen LogP contribution in [0.4, 0.5) is 0 Å². The van der Waals surface area contributed by atoms with Gasteiger partial charge in [0.25, 0.3) is 5.91 Å². The first-order valence-electron chi connectivity index (χ1n) is 6.76. The van der Waals surface area contributed by atoms with E-state index < -0.39 is 0 Å². The predicted molar refractivity (Wildman–Crippen MR) is 86.1 cm³/mol. The lowest BCUT2D eigenvalue weighted by atomic mass is 10.2. The fraction of sp³-hybridized carbons (Fsp3) is 0.312. The Bertz CT molecular complexity index is 599. The number of amides is 1. The molecule has 2 aromatic rings. The number of benzene rings is 1. The molecule has 1 aromatic heterocycles. The van der Waals surface area contributed by atoms with Crippen LogP contribution in [0, 0.1) is 6.92 Å². The Hall–Kier alpha value is -1.13. The average molecular weight is 350 g/mol. The van der Waals surface area contributed by atoms with Gasteiger partial charge >= 0.3 is 0 Å². The minimum Gasteiger partial charge on any atom is -0.331 e. The van der Waals surface area contributed by atoms with E-state index in [-0.39, 0.29) is 5.91 Å². The van der Waals surface area contributed by atoms with E-state index in [0.717, 1.165) is 27.1 Å². The predicted octanol–water partition coefficient (Wildman–Crippen LogP) is 4.62. The summed E-state index contributed by atoms with van der Waals surface area (Å²) in [6, 6.07) is 12.6. The monoisotopic (exact) mass is 349 g/mol. The highest BCUT2D eigenvalue weighted by Gasteiger charge is 2.33.